The number of phenols is 1. The number of nitrogens with zero attached hydrogens (tertiary/aromatic N) is 3. The monoisotopic (exact) mass is 387 g/mol. The van der Waals surface area contributed by atoms with Gasteiger partial charge in [0.1, 0.15) is 11.5 Å². The Bertz CT molecular complexity index is 1200. The van der Waals surface area contributed by atoms with Gasteiger partial charge in [0.05, 0.1) is 35.8 Å². The molecule has 0 aliphatic carbocycles. The molecule has 0 bridgehead atoms. The third kappa shape index (κ3) is 4.06. The van der Waals surface area contributed by atoms with E-state index in [4.69, 9.17) is 4.74 Å². The van der Waals surface area contributed by atoms with Gasteiger partial charge in [-0.1, -0.05) is 0 Å². The number of fused-ring (bicyclic) bond motifs is 1. The van der Waals surface area contributed by atoms with Crippen molar-refractivity contribution in [3.8, 4) is 11.5 Å². The first-order chi connectivity index (χ1) is 14.1. The second kappa shape index (κ2) is 7.81. The van der Waals surface area contributed by atoms with Gasteiger partial charge in [0.2, 0.25) is 0 Å². The summed E-state index contributed by atoms with van der Waals surface area (Å²) in [5.74, 6) is 0.128. The maximum atomic E-state index is 12.6. The summed E-state index contributed by atoms with van der Waals surface area (Å²) in [6, 6.07) is 16.9. The van der Waals surface area contributed by atoms with E-state index in [0.717, 1.165) is 16.7 Å². The lowest BCUT2D eigenvalue weighted by atomic mass is 10.1. The van der Waals surface area contributed by atoms with Crippen molar-refractivity contribution in [2.75, 3.05) is 12.4 Å². The van der Waals surface area contributed by atoms with Crippen LogP contribution in [0.4, 0.5) is 17.1 Å². The molecule has 0 unspecified atom stereocenters. The van der Waals surface area contributed by atoms with Gasteiger partial charge in [0, 0.05) is 11.1 Å². The predicted molar refractivity (Wildman–Crippen MR) is 109 cm³/mol. The quantitative estimate of drug-likeness (QED) is 0.421. The minimum atomic E-state index is -0.452. The molecule has 0 atom stereocenters. The summed E-state index contributed by atoms with van der Waals surface area (Å²) in [6.45, 7) is 0. The summed E-state index contributed by atoms with van der Waals surface area (Å²) in [6.07, 6.45) is 1.67. The van der Waals surface area contributed by atoms with Gasteiger partial charge in [-0.25, -0.2) is 0 Å². The highest BCUT2D eigenvalue weighted by atomic mass is 16.5. The number of nitrogens with one attached hydrogen (secondary N) is 2. The maximum Gasteiger partial charge on any atom is 0.259 e. The molecule has 3 aromatic carbocycles. The number of hydrogen-bond acceptors (Lipinski definition) is 6. The molecule has 4 rings (SSSR count). The topological polar surface area (TPSA) is 112 Å². The number of methoxy groups -OCH3 is 1. The van der Waals surface area contributed by atoms with E-state index < -0.39 is 5.91 Å². The van der Waals surface area contributed by atoms with Gasteiger partial charge >= 0.3 is 0 Å². The molecular formula is C21H17N5O3. The third-order valence-corrected chi connectivity index (χ3v) is 4.28. The average Bonchev–Trinajstić information content (AvgIpc) is 3.21. The Morgan fingerprint density at radius 3 is 2.59 bits per heavy atom. The van der Waals surface area contributed by atoms with E-state index >= 15 is 0 Å². The second-order valence-corrected chi connectivity index (χ2v) is 6.23. The van der Waals surface area contributed by atoms with Crippen LogP contribution in [0.3, 0.4) is 0 Å². The molecule has 0 aliphatic rings. The van der Waals surface area contributed by atoms with Crippen LogP contribution in [0.2, 0.25) is 0 Å². The molecule has 3 N–H and O–H groups in total. The number of hydrogen-bond donors (Lipinski definition) is 3. The van der Waals surface area contributed by atoms with E-state index in [1.807, 2.05) is 6.07 Å². The van der Waals surface area contributed by atoms with Crippen molar-refractivity contribution in [2.24, 2.45) is 10.2 Å². The average molecular weight is 387 g/mol. The minimum absolute atomic E-state index is 0.100. The van der Waals surface area contributed by atoms with Crippen molar-refractivity contribution in [2.45, 2.75) is 0 Å². The molecule has 0 fully saturated rings. The number of aromatic hydroxyl groups is 1. The van der Waals surface area contributed by atoms with Crippen LogP contribution in [0.25, 0.3) is 10.9 Å². The Hall–Kier alpha value is -4.20. The Labute approximate surface area is 165 Å². The molecular weight excluding hydrogens is 370 g/mol. The van der Waals surface area contributed by atoms with Crippen molar-refractivity contribution < 1.29 is 14.6 Å². The summed E-state index contributed by atoms with van der Waals surface area (Å²) in [5.41, 5.74) is 2.64. The number of anilines is 1. The molecule has 8 nitrogen and oxygen atoms in total. The SMILES string of the molecule is COc1ccc(/N=N/c2ccc(O)c(C(=O)Nc3ccc4[nH]ncc4c3)c2)cc1. The highest BCUT2D eigenvalue weighted by molar-refractivity contribution is 6.07. The van der Waals surface area contributed by atoms with Crippen LogP contribution in [-0.4, -0.2) is 28.3 Å². The first-order valence-corrected chi connectivity index (χ1v) is 8.76. The summed E-state index contributed by atoms with van der Waals surface area (Å²) < 4.78 is 5.11. The van der Waals surface area contributed by atoms with Crippen LogP contribution in [-0.2, 0) is 0 Å². The number of aromatic amines is 1. The molecule has 0 saturated heterocycles. The van der Waals surface area contributed by atoms with Crippen LogP contribution < -0.4 is 10.1 Å². The highest BCUT2D eigenvalue weighted by Crippen LogP contribution is 2.27. The lowest BCUT2D eigenvalue weighted by Crippen LogP contribution is -2.11. The van der Waals surface area contributed by atoms with Crippen molar-refractivity contribution in [3.63, 3.8) is 0 Å². The first kappa shape index (κ1) is 18.2. The van der Waals surface area contributed by atoms with E-state index in [0.29, 0.717) is 17.1 Å². The minimum Gasteiger partial charge on any atom is -0.507 e. The van der Waals surface area contributed by atoms with E-state index in [2.05, 4.69) is 25.7 Å². The van der Waals surface area contributed by atoms with Gasteiger partial charge in [-0.3, -0.25) is 9.89 Å². The van der Waals surface area contributed by atoms with E-state index in [1.54, 1.807) is 55.8 Å². The second-order valence-electron chi connectivity index (χ2n) is 6.23. The Morgan fingerprint density at radius 2 is 1.79 bits per heavy atom. The lowest BCUT2D eigenvalue weighted by Gasteiger charge is -2.07. The number of azo groups is 1. The normalized spacial score (nSPS) is 11.1. The standard InChI is InChI=1S/C21H17N5O3/c1-29-17-6-2-14(3-7-17)24-25-16-5-9-20(27)18(11-16)21(28)23-15-4-8-19-13(10-15)12-22-26-19/h2-12,27H,1H3,(H,22,26)(H,23,28)/b25-24+. The van der Waals surface area contributed by atoms with Crippen molar-refractivity contribution in [1.29, 1.82) is 0 Å². The van der Waals surface area contributed by atoms with E-state index in [9.17, 15) is 9.90 Å². The number of phenolic OH excluding ortho intramolecular Hbond substituents is 1. The zero-order chi connectivity index (χ0) is 20.2. The molecule has 0 saturated carbocycles. The van der Waals surface area contributed by atoms with E-state index in [1.165, 1.54) is 12.1 Å². The van der Waals surface area contributed by atoms with Crippen LogP contribution in [0.1, 0.15) is 10.4 Å². The molecule has 0 aliphatic heterocycles. The number of ether oxygens (including phenoxy) is 1. The van der Waals surface area contributed by atoms with Gasteiger partial charge in [0.15, 0.2) is 0 Å². The smallest absolute Gasteiger partial charge is 0.259 e. The Morgan fingerprint density at radius 1 is 1.03 bits per heavy atom. The number of carbonyl (C=O) groups excluding carboxylic acids is 1. The zero-order valence-electron chi connectivity index (χ0n) is 15.5. The molecule has 0 radical (unpaired) electrons. The molecule has 29 heavy (non-hydrogen) atoms. The molecule has 1 heterocycles. The van der Waals surface area contributed by atoms with Crippen molar-refractivity contribution in [1.82, 2.24) is 10.2 Å². The number of rotatable bonds is 5. The fourth-order valence-electron chi connectivity index (χ4n) is 2.75. The molecule has 144 valence electrons. The number of carbonyl (C=O) groups is 1. The number of H-pyrrole nitrogens is 1. The highest BCUT2D eigenvalue weighted by Gasteiger charge is 2.13. The number of amides is 1. The number of benzene rings is 3. The summed E-state index contributed by atoms with van der Waals surface area (Å²) in [7, 11) is 1.59. The van der Waals surface area contributed by atoms with Crippen LogP contribution in [0, 0.1) is 0 Å². The lowest BCUT2D eigenvalue weighted by molar-refractivity contribution is 0.102. The fraction of sp³-hybridized carbons (Fsp3) is 0.0476. The van der Waals surface area contributed by atoms with Gasteiger partial charge in [-0.05, 0) is 60.7 Å². The van der Waals surface area contributed by atoms with Gasteiger partial charge in [-0.2, -0.15) is 15.3 Å². The Kier molecular flexibility index (Phi) is 4.90. The molecule has 4 aromatic rings. The summed E-state index contributed by atoms with van der Waals surface area (Å²) in [5, 5.41) is 28.8. The largest absolute Gasteiger partial charge is 0.507 e. The van der Waals surface area contributed by atoms with Crippen molar-refractivity contribution >= 4 is 33.9 Å². The van der Waals surface area contributed by atoms with Gasteiger partial charge in [0.25, 0.3) is 5.91 Å². The molecule has 1 aromatic heterocycles. The predicted octanol–water partition coefficient (Wildman–Crippen LogP) is 4.94. The molecule has 8 heteroatoms. The number of aromatic nitrogens is 2. The maximum absolute atomic E-state index is 12.6. The molecule has 1 amide bonds. The van der Waals surface area contributed by atoms with Gasteiger partial charge < -0.3 is 15.2 Å². The van der Waals surface area contributed by atoms with Crippen LogP contribution in [0.15, 0.2) is 77.1 Å². The summed E-state index contributed by atoms with van der Waals surface area (Å²) in [4.78, 5) is 12.6. The van der Waals surface area contributed by atoms with Crippen LogP contribution >= 0.6 is 0 Å². The zero-order valence-corrected chi connectivity index (χ0v) is 15.5. The first-order valence-electron chi connectivity index (χ1n) is 8.76. The Balaban J connectivity index is 1.53. The van der Waals surface area contributed by atoms with Gasteiger partial charge in [-0.15, -0.1) is 0 Å². The summed E-state index contributed by atoms with van der Waals surface area (Å²) >= 11 is 0. The van der Waals surface area contributed by atoms with Crippen LogP contribution in [0.5, 0.6) is 11.5 Å². The van der Waals surface area contributed by atoms with Crippen molar-refractivity contribution in [3.05, 3.63) is 72.4 Å². The van der Waals surface area contributed by atoms with E-state index in [-0.39, 0.29) is 11.3 Å². The molecule has 0 spiro atoms. The third-order valence-electron chi connectivity index (χ3n) is 4.28. The fourth-order valence-corrected chi connectivity index (χ4v) is 2.75.